The van der Waals surface area contributed by atoms with E-state index in [1.807, 2.05) is 37.3 Å². The fourth-order valence-corrected chi connectivity index (χ4v) is 2.10. The number of hydrogen-bond acceptors (Lipinski definition) is 2. The first-order chi connectivity index (χ1) is 8.65. The largest absolute Gasteiger partial charge is 0.469 e. The van der Waals surface area contributed by atoms with Gasteiger partial charge in [-0.3, -0.25) is 4.79 Å². The van der Waals surface area contributed by atoms with Crippen LogP contribution in [0.25, 0.3) is 0 Å². The molecule has 3 nitrogen and oxygen atoms in total. The third-order valence-electron chi connectivity index (χ3n) is 2.63. The van der Waals surface area contributed by atoms with Crippen molar-refractivity contribution in [3.63, 3.8) is 0 Å². The molecule has 1 aromatic heterocycles. The number of furan rings is 1. The average Bonchev–Trinajstić information content (AvgIpc) is 2.84. The monoisotopic (exact) mass is 355 g/mol. The van der Waals surface area contributed by atoms with Crippen molar-refractivity contribution in [2.24, 2.45) is 0 Å². The number of halogens is 1. The molecule has 0 atom stereocenters. The van der Waals surface area contributed by atoms with Gasteiger partial charge >= 0.3 is 0 Å². The van der Waals surface area contributed by atoms with E-state index in [0.29, 0.717) is 12.8 Å². The number of amides is 1. The Balaban J connectivity index is 1.88. The summed E-state index contributed by atoms with van der Waals surface area (Å²) in [6, 6.07) is 9.60. The Morgan fingerprint density at radius 2 is 2.22 bits per heavy atom. The van der Waals surface area contributed by atoms with Gasteiger partial charge in [0.1, 0.15) is 5.76 Å². The minimum absolute atomic E-state index is 0.00560. The molecule has 94 valence electrons. The van der Waals surface area contributed by atoms with Gasteiger partial charge in [-0.2, -0.15) is 0 Å². The van der Waals surface area contributed by atoms with E-state index in [1.165, 1.54) is 5.56 Å². The van der Waals surface area contributed by atoms with Gasteiger partial charge in [0.2, 0.25) is 5.91 Å². The average molecular weight is 355 g/mol. The zero-order valence-electron chi connectivity index (χ0n) is 10.1. The minimum Gasteiger partial charge on any atom is -0.469 e. The summed E-state index contributed by atoms with van der Waals surface area (Å²) in [5.41, 5.74) is 2.05. The molecule has 0 aliphatic rings. The number of anilines is 1. The molecule has 1 N–H and O–H groups in total. The first kappa shape index (κ1) is 13.1. The second-order valence-electron chi connectivity index (χ2n) is 4.09. The van der Waals surface area contributed by atoms with Crippen molar-refractivity contribution in [1.29, 1.82) is 0 Å². The van der Waals surface area contributed by atoms with Crippen LogP contribution in [-0.2, 0) is 11.2 Å². The first-order valence-corrected chi connectivity index (χ1v) is 6.81. The number of carbonyl (C=O) groups excluding carboxylic acids is 1. The predicted molar refractivity (Wildman–Crippen MR) is 79.6 cm³/mol. The van der Waals surface area contributed by atoms with E-state index in [9.17, 15) is 4.79 Å². The van der Waals surface area contributed by atoms with Crippen LogP contribution in [0.1, 0.15) is 17.7 Å². The van der Waals surface area contributed by atoms with Crippen molar-refractivity contribution in [2.75, 3.05) is 5.32 Å². The van der Waals surface area contributed by atoms with Gasteiger partial charge < -0.3 is 9.73 Å². The normalized spacial score (nSPS) is 10.3. The first-order valence-electron chi connectivity index (χ1n) is 5.73. The zero-order valence-corrected chi connectivity index (χ0v) is 12.2. The topological polar surface area (TPSA) is 42.2 Å². The molecular formula is C14H14INO2. The van der Waals surface area contributed by atoms with Gasteiger partial charge in [-0.05, 0) is 59.3 Å². The van der Waals surface area contributed by atoms with E-state index in [-0.39, 0.29) is 5.91 Å². The lowest BCUT2D eigenvalue weighted by molar-refractivity contribution is -0.116. The Hall–Kier alpha value is -1.30. The Labute approximate surface area is 120 Å². The van der Waals surface area contributed by atoms with Crippen molar-refractivity contribution in [3.05, 3.63) is 51.5 Å². The lowest BCUT2D eigenvalue weighted by atomic mass is 10.2. The highest BCUT2D eigenvalue weighted by molar-refractivity contribution is 14.1. The molecule has 2 rings (SSSR count). The van der Waals surface area contributed by atoms with Gasteiger partial charge in [0.25, 0.3) is 0 Å². The van der Waals surface area contributed by atoms with E-state index in [4.69, 9.17) is 4.42 Å². The molecule has 18 heavy (non-hydrogen) atoms. The highest BCUT2D eigenvalue weighted by Crippen LogP contribution is 2.17. The fraction of sp³-hybridized carbons (Fsp3) is 0.214. The smallest absolute Gasteiger partial charge is 0.224 e. The molecule has 0 spiro atoms. The predicted octanol–water partition coefficient (Wildman–Crippen LogP) is 3.76. The van der Waals surface area contributed by atoms with Crippen molar-refractivity contribution < 1.29 is 9.21 Å². The molecule has 0 radical (unpaired) electrons. The second kappa shape index (κ2) is 6.04. The third kappa shape index (κ3) is 3.60. The van der Waals surface area contributed by atoms with Crippen molar-refractivity contribution in [2.45, 2.75) is 19.8 Å². The van der Waals surface area contributed by atoms with Crippen LogP contribution in [0.5, 0.6) is 0 Å². The van der Waals surface area contributed by atoms with Crippen LogP contribution in [0.3, 0.4) is 0 Å². The second-order valence-corrected chi connectivity index (χ2v) is 5.25. The van der Waals surface area contributed by atoms with Crippen LogP contribution < -0.4 is 5.32 Å². The van der Waals surface area contributed by atoms with E-state index in [0.717, 1.165) is 15.0 Å². The molecular weight excluding hydrogens is 341 g/mol. The van der Waals surface area contributed by atoms with E-state index in [2.05, 4.69) is 27.9 Å². The highest BCUT2D eigenvalue weighted by atomic mass is 127. The van der Waals surface area contributed by atoms with Crippen LogP contribution in [0.4, 0.5) is 5.69 Å². The summed E-state index contributed by atoms with van der Waals surface area (Å²) in [7, 11) is 0. The number of benzene rings is 1. The molecule has 1 amide bonds. The number of rotatable bonds is 4. The summed E-state index contributed by atoms with van der Waals surface area (Å²) in [6.45, 7) is 2.05. The van der Waals surface area contributed by atoms with Crippen LogP contribution in [0, 0.1) is 10.5 Å². The maximum absolute atomic E-state index is 11.7. The van der Waals surface area contributed by atoms with Crippen molar-refractivity contribution in [1.82, 2.24) is 0 Å². The van der Waals surface area contributed by atoms with Gasteiger partial charge in [0.15, 0.2) is 0 Å². The minimum atomic E-state index is 0.00560. The van der Waals surface area contributed by atoms with Gasteiger partial charge in [-0.25, -0.2) is 0 Å². The number of carbonyl (C=O) groups is 1. The fourth-order valence-electron chi connectivity index (χ4n) is 1.59. The van der Waals surface area contributed by atoms with E-state index >= 15 is 0 Å². The molecule has 4 heteroatoms. The van der Waals surface area contributed by atoms with Crippen LogP contribution >= 0.6 is 22.6 Å². The van der Waals surface area contributed by atoms with Crippen molar-refractivity contribution in [3.8, 4) is 0 Å². The maximum Gasteiger partial charge on any atom is 0.224 e. The maximum atomic E-state index is 11.7. The molecule has 0 saturated carbocycles. The van der Waals surface area contributed by atoms with Gasteiger partial charge in [0, 0.05) is 22.1 Å². The Bertz CT molecular complexity index is 535. The molecule has 0 aliphatic carbocycles. The summed E-state index contributed by atoms with van der Waals surface area (Å²) in [6.07, 6.45) is 2.68. The number of hydrogen-bond donors (Lipinski definition) is 1. The molecule has 0 fully saturated rings. The van der Waals surface area contributed by atoms with E-state index in [1.54, 1.807) is 6.26 Å². The van der Waals surface area contributed by atoms with Gasteiger partial charge in [0.05, 0.1) is 6.26 Å². The number of aryl methyl sites for hydroxylation is 2. The highest BCUT2D eigenvalue weighted by Gasteiger charge is 2.05. The van der Waals surface area contributed by atoms with E-state index < -0.39 is 0 Å². The molecule has 0 unspecified atom stereocenters. The molecule has 2 aromatic rings. The van der Waals surface area contributed by atoms with Crippen LogP contribution in [0.2, 0.25) is 0 Å². The lowest BCUT2D eigenvalue weighted by Crippen LogP contribution is -2.12. The van der Waals surface area contributed by atoms with Crippen molar-refractivity contribution >= 4 is 34.2 Å². The van der Waals surface area contributed by atoms with Gasteiger partial charge in [-0.1, -0.05) is 6.07 Å². The molecule has 0 bridgehead atoms. The van der Waals surface area contributed by atoms with Crippen LogP contribution in [-0.4, -0.2) is 5.91 Å². The zero-order chi connectivity index (χ0) is 13.0. The summed E-state index contributed by atoms with van der Waals surface area (Å²) < 4.78 is 6.34. The molecule has 1 heterocycles. The molecule has 1 aromatic carbocycles. The number of nitrogens with one attached hydrogen (secondary N) is 1. The Morgan fingerprint density at radius 1 is 1.39 bits per heavy atom. The summed E-state index contributed by atoms with van der Waals surface area (Å²) in [5, 5.41) is 2.89. The van der Waals surface area contributed by atoms with Gasteiger partial charge in [-0.15, -0.1) is 0 Å². The Kier molecular flexibility index (Phi) is 4.41. The summed E-state index contributed by atoms with van der Waals surface area (Å²) in [5.74, 6) is 0.842. The lowest BCUT2D eigenvalue weighted by Gasteiger charge is -2.06. The van der Waals surface area contributed by atoms with Crippen LogP contribution in [0.15, 0.2) is 41.0 Å². The Morgan fingerprint density at radius 3 is 2.89 bits per heavy atom. The summed E-state index contributed by atoms with van der Waals surface area (Å²) >= 11 is 2.26. The summed E-state index contributed by atoms with van der Waals surface area (Å²) in [4.78, 5) is 11.7. The molecule has 0 aliphatic heterocycles. The quantitative estimate of drug-likeness (QED) is 0.849. The standard InChI is InChI=1S/C14H14INO2/c1-10-4-5-11(9-13(10)15)16-14(17)7-6-12-3-2-8-18-12/h2-5,8-9H,6-7H2,1H3,(H,16,17). The molecule has 0 saturated heterocycles. The SMILES string of the molecule is Cc1ccc(NC(=O)CCc2ccco2)cc1I. The third-order valence-corrected chi connectivity index (χ3v) is 3.80.